The molecule has 0 aliphatic heterocycles. The van der Waals surface area contributed by atoms with E-state index >= 15 is 0 Å². The summed E-state index contributed by atoms with van der Waals surface area (Å²) in [7, 11) is 8.09. The normalized spacial score (nSPS) is 12.4. The van der Waals surface area contributed by atoms with Gasteiger partial charge in [0.2, 0.25) is 0 Å². The minimum Gasteiger partial charge on any atom is -0.355 e. The van der Waals surface area contributed by atoms with Gasteiger partial charge in [-0.2, -0.15) is 0 Å². The number of guanidine groups is 1. The molecule has 31 heavy (non-hydrogen) atoms. The maximum Gasteiger partial charge on any atom is 0.193 e. The molecule has 2 N–H and O–H groups in total. The summed E-state index contributed by atoms with van der Waals surface area (Å²) in [5, 5.41) is 3.52. The van der Waals surface area contributed by atoms with Crippen LogP contribution in [0.4, 0.5) is 0 Å². The number of imidazole rings is 1. The molecular weight excluding hydrogens is 499 g/mol. The van der Waals surface area contributed by atoms with E-state index in [1.807, 2.05) is 38.5 Å². The van der Waals surface area contributed by atoms with Crippen molar-refractivity contribution in [3.8, 4) is 11.3 Å². The Morgan fingerprint density at radius 3 is 2.29 bits per heavy atom. The van der Waals surface area contributed by atoms with Gasteiger partial charge in [-0.1, -0.05) is 60.7 Å². The van der Waals surface area contributed by atoms with Crippen molar-refractivity contribution in [3.63, 3.8) is 0 Å². The summed E-state index contributed by atoms with van der Waals surface area (Å²) >= 11 is 0. The fourth-order valence-electron chi connectivity index (χ4n) is 3.42. The van der Waals surface area contributed by atoms with E-state index in [0.29, 0.717) is 12.6 Å². The van der Waals surface area contributed by atoms with Crippen LogP contribution in [0.1, 0.15) is 11.4 Å². The Morgan fingerprint density at radius 1 is 1.03 bits per heavy atom. The van der Waals surface area contributed by atoms with Crippen LogP contribution in [0.25, 0.3) is 11.3 Å². The highest BCUT2D eigenvalue weighted by molar-refractivity contribution is 14.0. The number of likely N-dealkylation sites (N-methyl/N-ethyl adjacent to an activating group) is 1. The number of aliphatic imine (C=N–C) groups is 1. The van der Waals surface area contributed by atoms with E-state index in [1.54, 1.807) is 0 Å². The first-order valence-electron chi connectivity index (χ1n) is 10.3. The molecule has 0 radical (unpaired) electrons. The van der Waals surface area contributed by atoms with Gasteiger partial charge in [-0.15, -0.1) is 24.0 Å². The van der Waals surface area contributed by atoms with Gasteiger partial charge in [-0.05, 0) is 31.6 Å². The Bertz CT molecular complexity index is 924. The second-order valence-corrected chi connectivity index (χ2v) is 7.70. The van der Waals surface area contributed by atoms with E-state index in [1.165, 1.54) is 5.56 Å². The maximum absolute atomic E-state index is 4.54. The number of benzene rings is 2. The number of hydrogen-bond donors (Lipinski definition) is 2. The number of rotatable bonds is 8. The molecule has 3 rings (SSSR count). The third-order valence-electron chi connectivity index (χ3n) is 5.21. The van der Waals surface area contributed by atoms with Gasteiger partial charge in [0, 0.05) is 26.7 Å². The number of aromatic amines is 1. The summed E-state index contributed by atoms with van der Waals surface area (Å²) < 4.78 is 0. The predicted molar refractivity (Wildman–Crippen MR) is 140 cm³/mol. The van der Waals surface area contributed by atoms with Crippen molar-refractivity contribution in [1.29, 1.82) is 0 Å². The molecule has 0 bridgehead atoms. The molecule has 3 aromatic rings. The lowest BCUT2D eigenvalue weighted by atomic mass is 10.1. The molecule has 0 aliphatic carbocycles. The van der Waals surface area contributed by atoms with Crippen molar-refractivity contribution in [3.05, 3.63) is 78.2 Å². The lowest BCUT2D eigenvalue weighted by Gasteiger charge is -2.28. The predicted octanol–water partition coefficient (Wildman–Crippen LogP) is 3.87. The second kappa shape index (κ2) is 12.5. The monoisotopic (exact) mass is 532 g/mol. The van der Waals surface area contributed by atoms with E-state index in [2.05, 4.69) is 86.6 Å². The summed E-state index contributed by atoms with van der Waals surface area (Å²) in [6, 6.07) is 21.2. The largest absolute Gasteiger partial charge is 0.355 e. The van der Waals surface area contributed by atoms with E-state index in [-0.39, 0.29) is 24.0 Å². The van der Waals surface area contributed by atoms with Gasteiger partial charge in [-0.3, -0.25) is 4.99 Å². The second-order valence-electron chi connectivity index (χ2n) is 7.70. The van der Waals surface area contributed by atoms with Crippen LogP contribution in [-0.2, 0) is 13.0 Å². The van der Waals surface area contributed by atoms with Gasteiger partial charge in [0.1, 0.15) is 5.82 Å². The third kappa shape index (κ3) is 7.36. The van der Waals surface area contributed by atoms with Gasteiger partial charge in [0.05, 0.1) is 18.4 Å². The third-order valence-corrected chi connectivity index (χ3v) is 5.21. The standard InChI is InChI=1S/C24H32N6.HI/c1-25-24(27-16-21(29(2)3)15-19-11-7-5-8-12-19)30(4)18-23-26-17-22(28-23)20-13-9-6-10-14-20;/h5-14,17,21H,15-16,18H2,1-4H3,(H,25,27)(H,26,28);1H. The first kappa shape index (κ1) is 24.9. The van der Waals surface area contributed by atoms with Crippen LogP contribution in [0.2, 0.25) is 0 Å². The first-order valence-corrected chi connectivity index (χ1v) is 10.3. The van der Waals surface area contributed by atoms with Crippen LogP contribution >= 0.6 is 24.0 Å². The number of halogens is 1. The zero-order valence-corrected chi connectivity index (χ0v) is 21.1. The molecule has 7 heteroatoms. The maximum atomic E-state index is 4.54. The summed E-state index contributed by atoms with van der Waals surface area (Å²) in [5.41, 5.74) is 3.50. The number of nitrogens with one attached hydrogen (secondary N) is 2. The minimum atomic E-state index is 0. The number of H-pyrrole nitrogens is 1. The molecule has 0 aliphatic rings. The van der Waals surface area contributed by atoms with Crippen molar-refractivity contribution in [2.45, 2.75) is 19.0 Å². The van der Waals surface area contributed by atoms with E-state index in [0.717, 1.165) is 36.0 Å². The Kier molecular flexibility index (Phi) is 10.00. The Balaban J connectivity index is 0.00000341. The molecule has 0 saturated heterocycles. The highest BCUT2D eigenvalue weighted by atomic mass is 127. The highest BCUT2D eigenvalue weighted by Crippen LogP contribution is 2.16. The van der Waals surface area contributed by atoms with E-state index < -0.39 is 0 Å². The molecule has 1 aromatic heterocycles. The van der Waals surface area contributed by atoms with Crippen LogP contribution < -0.4 is 5.32 Å². The Morgan fingerprint density at radius 2 is 1.68 bits per heavy atom. The summed E-state index contributed by atoms with van der Waals surface area (Å²) in [6.45, 7) is 1.46. The fourth-order valence-corrected chi connectivity index (χ4v) is 3.42. The summed E-state index contributed by atoms with van der Waals surface area (Å²) in [5.74, 6) is 1.76. The van der Waals surface area contributed by atoms with Crippen LogP contribution in [0.15, 0.2) is 71.9 Å². The zero-order chi connectivity index (χ0) is 21.3. The molecular formula is C24H33IN6. The molecule has 0 fully saturated rings. The molecule has 6 nitrogen and oxygen atoms in total. The molecule has 2 aromatic carbocycles. The summed E-state index contributed by atoms with van der Waals surface area (Å²) in [4.78, 5) is 16.8. The topological polar surface area (TPSA) is 59.6 Å². The van der Waals surface area contributed by atoms with Gasteiger partial charge in [-0.25, -0.2) is 4.98 Å². The fraction of sp³-hybridized carbons (Fsp3) is 0.333. The molecule has 1 atom stereocenters. The molecule has 166 valence electrons. The van der Waals surface area contributed by atoms with Gasteiger partial charge < -0.3 is 20.1 Å². The van der Waals surface area contributed by atoms with Crippen LogP contribution in [0, 0.1) is 0 Å². The van der Waals surface area contributed by atoms with Crippen molar-refractivity contribution in [2.75, 3.05) is 34.7 Å². The Hall–Kier alpha value is -2.39. The lowest BCUT2D eigenvalue weighted by molar-refractivity contribution is 0.287. The van der Waals surface area contributed by atoms with Crippen LogP contribution in [0.3, 0.4) is 0 Å². The van der Waals surface area contributed by atoms with Gasteiger partial charge in [0.25, 0.3) is 0 Å². The average Bonchev–Trinajstić information content (AvgIpc) is 3.23. The molecule has 1 unspecified atom stereocenters. The number of aromatic nitrogens is 2. The minimum absolute atomic E-state index is 0. The van der Waals surface area contributed by atoms with Gasteiger partial charge >= 0.3 is 0 Å². The number of nitrogens with zero attached hydrogens (tertiary/aromatic N) is 4. The van der Waals surface area contributed by atoms with Crippen LogP contribution in [-0.4, -0.2) is 66.5 Å². The molecule has 0 amide bonds. The number of hydrogen-bond acceptors (Lipinski definition) is 3. The highest BCUT2D eigenvalue weighted by Gasteiger charge is 2.15. The lowest BCUT2D eigenvalue weighted by Crippen LogP contribution is -2.46. The van der Waals surface area contributed by atoms with Gasteiger partial charge in [0.15, 0.2) is 5.96 Å². The first-order chi connectivity index (χ1) is 14.6. The summed E-state index contributed by atoms with van der Waals surface area (Å²) in [6.07, 6.45) is 2.87. The average molecular weight is 532 g/mol. The van der Waals surface area contributed by atoms with Crippen molar-refractivity contribution >= 4 is 29.9 Å². The smallest absolute Gasteiger partial charge is 0.193 e. The quantitative estimate of drug-likeness (QED) is 0.263. The van der Waals surface area contributed by atoms with Crippen LogP contribution in [0.5, 0.6) is 0 Å². The SMILES string of the molecule is CN=C(NCC(Cc1ccccc1)N(C)C)N(C)Cc1ncc(-c2ccccc2)[nH]1.I. The van der Waals surface area contributed by atoms with Crippen molar-refractivity contribution in [2.24, 2.45) is 4.99 Å². The van der Waals surface area contributed by atoms with Crippen molar-refractivity contribution < 1.29 is 0 Å². The Labute approximate surface area is 202 Å². The van der Waals surface area contributed by atoms with E-state index in [4.69, 9.17) is 0 Å². The molecule has 1 heterocycles. The molecule has 0 saturated carbocycles. The zero-order valence-electron chi connectivity index (χ0n) is 18.7. The van der Waals surface area contributed by atoms with Crippen molar-refractivity contribution in [1.82, 2.24) is 25.1 Å². The molecule has 0 spiro atoms. The van der Waals surface area contributed by atoms with E-state index in [9.17, 15) is 0 Å².